The first kappa shape index (κ1) is 14.5. The topological polar surface area (TPSA) is 69.9 Å². The van der Waals surface area contributed by atoms with Crippen LogP contribution in [-0.4, -0.2) is 33.5 Å². The molecule has 2 N–H and O–H groups in total. The summed E-state index contributed by atoms with van der Waals surface area (Å²) in [4.78, 5) is 14.7. The van der Waals surface area contributed by atoms with Crippen LogP contribution in [0.2, 0.25) is 0 Å². The van der Waals surface area contributed by atoms with Gasteiger partial charge in [-0.3, -0.25) is 4.99 Å². The second-order valence-electron chi connectivity index (χ2n) is 4.85. The molecule has 1 heterocycles. The van der Waals surface area contributed by atoms with E-state index in [2.05, 4.69) is 4.99 Å². The Morgan fingerprint density at radius 3 is 2.50 bits per heavy atom. The third-order valence-corrected chi connectivity index (χ3v) is 3.16. The summed E-state index contributed by atoms with van der Waals surface area (Å²) in [5.74, 6) is -1.27. The summed E-state index contributed by atoms with van der Waals surface area (Å²) in [6.45, 7) is 1.27. The van der Waals surface area contributed by atoms with E-state index in [1.54, 1.807) is 0 Å². The number of nitrogens with zero attached hydrogens (tertiary/aromatic N) is 1. The van der Waals surface area contributed by atoms with E-state index in [-0.39, 0.29) is 17.7 Å². The van der Waals surface area contributed by atoms with E-state index < -0.39 is 29.4 Å². The number of carboxylic acids is 1. The van der Waals surface area contributed by atoms with Crippen molar-refractivity contribution in [1.82, 2.24) is 0 Å². The molecule has 0 amide bonds. The fraction of sp³-hybridized carbons (Fsp3) is 0.385. The zero-order chi connectivity index (χ0) is 15.1. The summed E-state index contributed by atoms with van der Waals surface area (Å²) < 4.78 is 38.9. The zero-order valence-corrected chi connectivity index (χ0v) is 10.5. The number of benzene rings is 1. The number of hydrogen-bond donors (Lipinski definition) is 2. The van der Waals surface area contributed by atoms with Gasteiger partial charge in [-0.2, -0.15) is 13.2 Å². The van der Waals surface area contributed by atoms with Crippen molar-refractivity contribution in [1.29, 1.82) is 0 Å². The molecule has 0 bridgehead atoms. The molecule has 0 saturated heterocycles. The third-order valence-electron chi connectivity index (χ3n) is 3.16. The van der Waals surface area contributed by atoms with Crippen molar-refractivity contribution in [2.24, 2.45) is 4.99 Å². The molecule has 1 aromatic carbocycles. The van der Waals surface area contributed by atoms with Gasteiger partial charge in [0.25, 0.3) is 0 Å². The van der Waals surface area contributed by atoms with E-state index in [0.29, 0.717) is 0 Å². The van der Waals surface area contributed by atoms with Crippen molar-refractivity contribution >= 4 is 11.7 Å². The van der Waals surface area contributed by atoms with Gasteiger partial charge in [-0.15, -0.1) is 0 Å². The highest BCUT2D eigenvalue weighted by molar-refractivity contribution is 6.10. The molecular weight excluding hydrogens is 275 g/mol. The third kappa shape index (κ3) is 2.53. The van der Waals surface area contributed by atoms with Gasteiger partial charge < -0.3 is 10.2 Å². The number of carbonyl (C=O) groups is 1. The Balaban J connectivity index is 2.56. The van der Waals surface area contributed by atoms with Gasteiger partial charge in [0, 0.05) is 12.0 Å². The number of halogens is 3. The predicted molar refractivity (Wildman–Crippen MR) is 64.6 cm³/mol. The lowest BCUT2D eigenvalue weighted by Gasteiger charge is -2.21. The van der Waals surface area contributed by atoms with Crippen LogP contribution in [0.5, 0.6) is 0 Å². The molecule has 0 aliphatic carbocycles. The van der Waals surface area contributed by atoms with Crippen LogP contribution >= 0.6 is 0 Å². The van der Waals surface area contributed by atoms with Crippen molar-refractivity contribution in [2.45, 2.75) is 31.2 Å². The van der Waals surface area contributed by atoms with Gasteiger partial charge in [0.15, 0.2) is 6.04 Å². The average molecular weight is 287 g/mol. The highest BCUT2D eigenvalue weighted by Crippen LogP contribution is 2.36. The molecule has 7 heteroatoms. The van der Waals surface area contributed by atoms with E-state index in [0.717, 1.165) is 6.07 Å². The predicted octanol–water partition coefficient (Wildman–Crippen LogP) is 2.10. The first-order valence-corrected chi connectivity index (χ1v) is 5.83. The van der Waals surface area contributed by atoms with Gasteiger partial charge in [0.05, 0.1) is 11.3 Å². The first-order valence-electron chi connectivity index (χ1n) is 5.83. The largest absolute Gasteiger partial charge is 0.480 e. The summed E-state index contributed by atoms with van der Waals surface area (Å²) in [7, 11) is 0. The summed E-state index contributed by atoms with van der Waals surface area (Å²) in [6.07, 6.45) is -4.85. The van der Waals surface area contributed by atoms with Crippen LogP contribution in [0.15, 0.2) is 29.3 Å². The SMILES string of the molecule is C[C@]1(O)C[C@@H](C(=O)O)N=C1c1ccccc1C(F)(F)F. The van der Waals surface area contributed by atoms with Crippen LogP contribution in [0.4, 0.5) is 13.2 Å². The molecule has 0 radical (unpaired) electrons. The Morgan fingerprint density at radius 2 is 2.00 bits per heavy atom. The molecule has 4 nitrogen and oxygen atoms in total. The molecular formula is C13H12F3NO3. The molecule has 108 valence electrons. The van der Waals surface area contributed by atoms with Crippen molar-refractivity contribution in [3.05, 3.63) is 35.4 Å². The van der Waals surface area contributed by atoms with Crippen LogP contribution < -0.4 is 0 Å². The number of rotatable bonds is 2. The van der Waals surface area contributed by atoms with E-state index in [4.69, 9.17) is 5.11 Å². The minimum absolute atomic E-state index is 0.238. The van der Waals surface area contributed by atoms with Crippen molar-refractivity contribution in [3.8, 4) is 0 Å². The fourth-order valence-corrected chi connectivity index (χ4v) is 2.25. The number of hydrogen-bond acceptors (Lipinski definition) is 3. The Hall–Kier alpha value is -1.89. The van der Waals surface area contributed by atoms with Crippen LogP contribution in [-0.2, 0) is 11.0 Å². The quantitative estimate of drug-likeness (QED) is 0.875. The highest BCUT2D eigenvalue weighted by atomic mass is 19.4. The van der Waals surface area contributed by atoms with Crippen molar-refractivity contribution in [2.75, 3.05) is 0 Å². The van der Waals surface area contributed by atoms with Gasteiger partial charge in [0.2, 0.25) is 0 Å². The monoisotopic (exact) mass is 287 g/mol. The number of alkyl halides is 3. The summed E-state index contributed by atoms with van der Waals surface area (Å²) in [6, 6.07) is 3.44. The van der Waals surface area contributed by atoms with Crippen LogP contribution in [0.3, 0.4) is 0 Å². The number of carboxylic acid groups (broad SMARTS) is 1. The maximum absolute atomic E-state index is 13.0. The number of aliphatic hydroxyl groups is 1. The minimum atomic E-state index is -4.60. The van der Waals surface area contributed by atoms with Gasteiger partial charge in [0.1, 0.15) is 5.60 Å². The summed E-state index contributed by atoms with van der Waals surface area (Å²) in [5, 5.41) is 19.1. The van der Waals surface area contributed by atoms with Crippen molar-refractivity contribution < 1.29 is 28.2 Å². The molecule has 1 aromatic rings. The molecule has 1 aliphatic rings. The number of aliphatic carboxylic acids is 1. The Bertz CT molecular complexity index is 578. The van der Waals surface area contributed by atoms with Gasteiger partial charge in [-0.1, -0.05) is 18.2 Å². The van der Waals surface area contributed by atoms with Crippen LogP contribution in [0.1, 0.15) is 24.5 Å². The van der Waals surface area contributed by atoms with E-state index >= 15 is 0 Å². The lowest BCUT2D eigenvalue weighted by Crippen LogP contribution is -2.34. The molecule has 0 aromatic heterocycles. The van der Waals surface area contributed by atoms with E-state index in [1.165, 1.54) is 25.1 Å². The smallest absolute Gasteiger partial charge is 0.417 e. The molecule has 2 atom stereocenters. The van der Waals surface area contributed by atoms with Gasteiger partial charge >= 0.3 is 12.1 Å². The molecule has 2 rings (SSSR count). The lowest BCUT2D eigenvalue weighted by molar-refractivity contribution is -0.139. The Kier molecular flexibility index (Phi) is 3.33. The fourth-order valence-electron chi connectivity index (χ4n) is 2.25. The second-order valence-corrected chi connectivity index (χ2v) is 4.85. The molecule has 0 unspecified atom stereocenters. The zero-order valence-electron chi connectivity index (χ0n) is 10.5. The van der Waals surface area contributed by atoms with Crippen molar-refractivity contribution in [3.63, 3.8) is 0 Å². The molecule has 20 heavy (non-hydrogen) atoms. The molecule has 0 spiro atoms. The Morgan fingerprint density at radius 1 is 1.40 bits per heavy atom. The second kappa shape index (κ2) is 4.59. The van der Waals surface area contributed by atoms with Crippen LogP contribution in [0, 0.1) is 0 Å². The first-order chi connectivity index (χ1) is 9.13. The normalized spacial score (nSPS) is 26.4. The highest BCUT2D eigenvalue weighted by Gasteiger charge is 2.44. The lowest BCUT2D eigenvalue weighted by atomic mass is 9.89. The molecule has 0 saturated carbocycles. The minimum Gasteiger partial charge on any atom is -0.480 e. The van der Waals surface area contributed by atoms with Gasteiger partial charge in [-0.05, 0) is 13.0 Å². The maximum Gasteiger partial charge on any atom is 0.417 e. The number of aliphatic imine (C=N–C) groups is 1. The Labute approximate surface area is 112 Å². The van der Waals surface area contributed by atoms with Gasteiger partial charge in [-0.25, -0.2) is 4.79 Å². The van der Waals surface area contributed by atoms with E-state index in [1.807, 2.05) is 0 Å². The maximum atomic E-state index is 13.0. The van der Waals surface area contributed by atoms with Crippen LogP contribution in [0.25, 0.3) is 0 Å². The molecule has 0 fully saturated rings. The van der Waals surface area contributed by atoms with E-state index in [9.17, 15) is 23.1 Å². The standard InChI is InChI=1S/C13H12F3NO3/c1-12(20)6-9(11(18)19)17-10(12)7-4-2-3-5-8(7)13(14,15)16/h2-5,9,20H,6H2,1H3,(H,18,19)/t9-,12-/m0/s1. The average Bonchev–Trinajstić information content (AvgIpc) is 2.64. The summed E-state index contributed by atoms with van der Waals surface area (Å²) >= 11 is 0. The summed E-state index contributed by atoms with van der Waals surface area (Å²) in [5.41, 5.74) is -3.17. The molecule has 1 aliphatic heterocycles.